The van der Waals surface area contributed by atoms with E-state index in [-0.39, 0.29) is 11.8 Å². The number of carbonyl (C=O) groups excluding carboxylic acids is 2. The lowest BCUT2D eigenvalue weighted by Crippen LogP contribution is -2.37. The van der Waals surface area contributed by atoms with Gasteiger partial charge in [0.25, 0.3) is 11.8 Å². The zero-order chi connectivity index (χ0) is 17.9. The average molecular weight is 349 g/mol. The second-order valence-electron chi connectivity index (χ2n) is 6.28. The van der Waals surface area contributed by atoms with Crippen LogP contribution in [0.2, 0.25) is 0 Å². The zero-order valence-electron chi connectivity index (χ0n) is 14.3. The highest BCUT2D eigenvalue weighted by Gasteiger charge is 2.25. The lowest BCUT2D eigenvalue weighted by molar-refractivity contribution is 0.0716. The fraction of sp³-hybridized carbons (Fsp3) is 0.263. The Morgan fingerprint density at radius 1 is 0.962 bits per heavy atom. The van der Waals surface area contributed by atoms with Crippen LogP contribution < -0.4 is 0 Å². The number of amides is 2. The van der Waals surface area contributed by atoms with Gasteiger partial charge in [0.2, 0.25) is 0 Å². The van der Waals surface area contributed by atoms with Crippen LogP contribution in [-0.4, -0.2) is 62.7 Å². The van der Waals surface area contributed by atoms with E-state index < -0.39 is 0 Å². The first kappa shape index (κ1) is 16.3. The third-order valence-corrected chi connectivity index (χ3v) is 4.67. The van der Waals surface area contributed by atoms with Crippen molar-refractivity contribution >= 4 is 22.7 Å². The van der Waals surface area contributed by atoms with Gasteiger partial charge in [0, 0.05) is 55.7 Å². The molecule has 1 N–H and O–H groups in total. The van der Waals surface area contributed by atoms with Gasteiger partial charge in [0.05, 0.1) is 11.8 Å². The van der Waals surface area contributed by atoms with Crippen LogP contribution in [0, 0.1) is 0 Å². The number of aromatic amines is 1. The van der Waals surface area contributed by atoms with Crippen LogP contribution in [0.5, 0.6) is 0 Å². The van der Waals surface area contributed by atoms with Crippen molar-refractivity contribution < 1.29 is 9.59 Å². The highest BCUT2D eigenvalue weighted by atomic mass is 16.2. The number of aromatic nitrogens is 3. The van der Waals surface area contributed by atoms with Gasteiger partial charge in [-0.05, 0) is 12.5 Å². The summed E-state index contributed by atoms with van der Waals surface area (Å²) in [7, 11) is 0. The first-order valence-electron chi connectivity index (χ1n) is 8.65. The van der Waals surface area contributed by atoms with Crippen molar-refractivity contribution in [3.63, 3.8) is 0 Å². The second-order valence-corrected chi connectivity index (χ2v) is 6.28. The fourth-order valence-corrected chi connectivity index (χ4v) is 3.31. The minimum absolute atomic E-state index is 0.00347. The van der Waals surface area contributed by atoms with Crippen molar-refractivity contribution in [2.75, 3.05) is 26.2 Å². The van der Waals surface area contributed by atoms with Crippen LogP contribution >= 0.6 is 0 Å². The Kier molecular flexibility index (Phi) is 4.35. The molecule has 1 fully saturated rings. The van der Waals surface area contributed by atoms with Crippen molar-refractivity contribution in [2.45, 2.75) is 6.42 Å². The fourth-order valence-electron chi connectivity index (χ4n) is 3.31. The number of rotatable bonds is 2. The summed E-state index contributed by atoms with van der Waals surface area (Å²) < 4.78 is 0. The van der Waals surface area contributed by atoms with E-state index in [0.717, 1.165) is 17.3 Å². The predicted molar refractivity (Wildman–Crippen MR) is 96.8 cm³/mol. The molecule has 0 spiro atoms. The highest BCUT2D eigenvalue weighted by molar-refractivity contribution is 6.06. The maximum atomic E-state index is 13.0. The molecule has 132 valence electrons. The molecule has 3 heterocycles. The third-order valence-electron chi connectivity index (χ3n) is 4.67. The quantitative estimate of drug-likeness (QED) is 0.767. The van der Waals surface area contributed by atoms with E-state index in [1.165, 1.54) is 12.4 Å². The molecular formula is C19H19N5O2. The summed E-state index contributed by atoms with van der Waals surface area (Å²) in [5.41, 5.74) is 1.96. The van der Waals surface area contributed by atoms with Gasteiger partial charge in [-0.25, -0.2) is 4.98 Å². The highest BCUT2D eigenvalue weighted by Crippen LogP contribution is 2.20. The number of carbonyl (C=O) groups is 2. The standard InChI is InChI=1S/C19H19N5O2/c25-18(15-12-22-16-5-2-1-4-14(15)16)23-8-3-9-24(11-10-23)19(26)17-13-20-6-7-21-17/h1-2,4-7,12-13,22H,3,8-11H2. The van der Waals surface area contributed by atoms with E-state index >= 15 is 0 Å². The molecule has 0 unspecified atom stereocenters. The normalized spacial score (nSPS) is 15.1. The molecule has 1 aliphatic heterocycles. The first-order valence-corrected chi connectivity index (χ1v) is 8.65. The van der Waals surface area contributed by atoms with Gasteiger partial charge in [-0.15, -0.1) is 0 Å². The summed E-state index contributed by atoms with van der Waals surface area (Å²) in [6.45, 7) is 2.23. The monoisotopic (exact) mass is 349 g/mol. The number of nitrogens with one attached hydrogen (secondary N) is 1. The number of hydrogen-bond donors (Lipinski definition) is 1. The van der Waals surface area contributed by atoms with Gasteiger partial charge >= 0.3 is 0 Å². The largest absolute Gasteiger partial charge is 0.360 e. The molecule has 0 bridgehead atoms. The molecule has 2 aromatic heterocycles. The molecule has 0 aliphatic carbocycles. The molecule has 7 nitrogen and oxygen atoms in total. The van der Waals surface area contributed by atoms with Gasteiger partial charge in [-0.3, -0.25) is 14.6 Å². The Hall–Kier alpha value is -3.22. The van der Waals surface area contributed by atoms with Crippen molar-refractivity contribution in [1.82, 2.24) is 24.8 Å². The maximum absolute atomic E-state index is 13.0. The summed E-state index contributed by atoms with van der Waals surface area (Å²) in [5.74, 6) is -0.143. The number of hydrogen-bond acceptors (Lipinski definition) is 4. The zero-order valence-corrected chi connectivity index (χ0v) is 14.3. The van der Waals surface area contributed by atoms with Crippen LogP contribution in [0.4, 0.5) is 0 Å². The number of H-pyrrole nitrogens is 1. The molecule has 0 radical (unpaired) electrons. The predicted octanol–water partition coefficient (Wildman–Crippen LogP) is 1.95. The molecule has 1 aromatic carbocycles. The van der Waals surface area contributed by atoms with Crippen LogP contribution in [0.3, 0.4) is 0 Å². The average Bonchev–Trinajstić information content (AvgIpc) is 2.97. The van der Waals surface area contributed by atoms with E-state index in [9.17, 15) is 9.59 Å². The maximum Gasteiger partial charge on any atom is 0.274 e. The van der Waals surface area contributed by atoms with E-state index in [2.05, 4.69) is 15.0 Å². The van der Waals surface area contributed by atoms with E-state index in [1.54, 1.807) is 17.3 Å². The Balaban J connectivity index is 1.48. The summed E-state index contributed by atoms with van der Waals surface area (Å²) in [5, 5.41) is 0.925. The molecule has 0 saturated carbocycles. The second kappa shape index (κ2) is 6.95. The molecule has 2 amide bonds. The van der Waals surface area contributed by atoms with Crippen LogP contribution in [0.25, 0.3) is 10.9 Å². The van der Waals surface area contributed by atoms with Crippen LogP contribution in [0.15, 0.2) is 49.1 Å². The first-order chi connectivity index (χ1) is 12.7. The SMILES string of the molecule is O=C(c1cnccn1)N1CCCN(C(=O)c2c[nH]c3ccccc23)CC1. The summed E-state index contributed by atoms with van der Waals surface area (Å²) in [6, 6.07) is 7.77. The number of benzene rings is 1. The van der Waals surface area contributed by atoms with Gasteiger partial charge in [-0.1, -0.05) is 18.2 Å². The van der Waals surface area contributed by atoms with Gasteiger partial charge < -0.3 is 14.8 Å². The van der Waals surface area contributed by atoms with E-state index in [4.69, 9.17) is 0 Å². The summed E-state index contributed by atoms with van der Waals surface area (Å²) >= 11 is 0. The molecule has 3 aromatic rings. The lowest BCUT2D eigenvalue weighted by Gasteiger charge is -2.21. The van der Waals surface area contributed by atoms with Crippen molar-refractivity contribution in [3.8, 4) is 0 Å². The topological polar surface area (TPSA) is 82.2 Å². The van der Waals surface area contributed by atoms with Crippen molar-refractivity contribution in [3.05, 3.63) is 60.3 Å². The molecule has 0 atom stereocenters. The van der Waals surface area contributed by atoms with Crippen LogP contribution in [0.1, 0.15) is 27.3 Å². The molecule has 4 rings (SSSR count). The smallest absolute Gasteiger partial charge is 0.274 e. The van der Waals surface area contributed by atoms with E-state index in [0.29, 0.717) is 37.4 Å². The number of nitrogens with zero attached hydrogens (tertiary/aromatic N) is 4. The number of fused-ring (bicyclic) bond motifs is 1. The van der Waals surface area contributed by atoms with Crippen molar-refractivity contribution in [1.29, 1.82) is 0 Å². The van der Waals surface area contributed by atoms with Gasteiger partial charge in [0.15, 0.2) is 0 Å². The lowest BCUT2D eigenvalue weighted by atomic mass is 10.1. The molecule has 26 heavy (non-hydrogen) atoms. The van der Waals surface area contributed by atoms with Crippen LogP contribution in [-0.2, 0) is 0 Å². The summed E-state index contributed by atoms with van der Waals surface area (Å²) in [4.78, 5) is 40.2. The number of para-hydroxylation sites is 1. The Morgan fingerprint density at radius 3 is 2.50 bits per heavy atom. The van der Waals surface area contributed by atoms with Gasteiger partial charge in [0.1, 0.15) is 5.69 Å². The van der Waals surface area contributed by atoms with Crippen molar-refractivity contribution in [2.24, 2.45) is 0 Å². The minimum Gasteiger partial charge on any atom is -0.360 e. The summed E-state index contributed by atoms with van der Waals surface area (Å²) in [6.07, 6.45) is 7.03. The molecule has 7 heteroatoms. The Morgan fingerprint density at radius 2 is 1.73 bits per heavy atom. The Labute approximate surface area is 150 Å². The molecular weight excluding hydrogens is 330 g/mol. The molecule has 1 saturated heterocycles. The molecule has 1 aliphatic rings. The third kappa shape index (κ3) is 3.03. The minimum atomic E-state index is -0.139. The van der Waals surface area contributed by atoms with E-state index in [1.807, 2.05) is 29.2 Å². The Bertz CT molecular complexity index is 937. The van der Waals surface area contributed by atoms with Gasteiger partial charge in [-0.2, -0.15) is 0 Å².